The minimum atomic E-state index is -0.479. The van der Waals surface area contributed by atoms with Gasteiger partial charge in [-0.3, -0.25) is 4.79 Å². The van der Waals surface area contributed by atoms with Gasteiger partial charge in [0.25, 0.3) is 5.24 Å². The maximum atomic E-state index is 11.0. The summed E-state index contributed by atoms with van der Waals surface area (Å²) < 4.78 is 5.00. The predicted molar refractivity (Wildman–Crippen MR) is 52.6 cm³/mol. The molecule has 0 aliphatic carbocycles. The van der Waals surface area contributed by atoms with Crippen LogP contribution in [0.4, 0.5) is 0 Å². The summed E-state index contributed by atoms with van der Waals surface area (Å²) >= 11 is 5.40. The second kappa shape index (κ2) is 4.28. The monoisotopic (exact) mass is 198 g/mol. The van der Waals surface area contributed by atoms with Gasteiger partial charge in [0, 0.05) is 0 Å². The summed E-state index contributed by atoms with van der Waals surface area (Å²) in [6.45, 7) is 2.02. The van der Waals surface area contributed by atoms with Crippen LogP contribution < -0.4 is 4.74 Å². The van der Waals surface area contributed by atoms with Crippen LogP contribution in [0, 0.1) is 0 Å². The van der Waals surface area contributed by atoms with Gasteiger partial charge in [-0.2, -0.15) is 0 Å². The Labute approximate surface area is 82.5 Å². The highest BCUT2D eigenvalue weighted by Gasteiger charge is 2.09. The maximum absolute atomic E-state index is 11.0. The zero-order valence-electron chi connectivity index (χ0n) is 7.63. The molecular formula is C10H11ClO2. The Morgan fingerprint density at radius 3 is 2.69 bits per heavy atom. The molecule has 0 atom stereocenters. The number of benzene rings is 1. The lowest BCUT2D eigenvalue weighted by Crippen LogP contribution is -1.96. The van der Waals surface area contributed by atoms with Crippen molar-refractivity contribution in [2.75, 3.05) is 7.11 Å². The van der Waals surface area contributed by atoms with Crippen molar-refractivity contribution in [2.45, 2.75) is 13.3 Å². The predicted octanol–water partition coefficient (Wildman–Crippen LogP) is 2.64. The molecule has 1 aromatic carbocycles. The number of hydrogen-bond acceptors (Lipinski definition) is 2. The summed E-state index contributed by atoms with van der Waals surface area (Å²) in [7, 11) is 1.52. The van der Waals surface area contributed by atoms with E-state index in [9.17, 15) is 4.79 Å². The lowest BCUT2D eigenvalue weighted by atomic mass is 10.1. The number of hydrogen-bond donors (Lipinski definition) is 0. The third kappa shape index (κ3) is 2.22. The van der Waals surface area contributed by atoms with Gasteiger partial charge in [0.1, 0.15) is 5.75 Å². The van der Waals surface area contributed by atoms with Crippen molar-refractivity contribution in [1.29, 1.82) is 0 Å². The third-order valence-electron chi connectivity index (χ3n) is 1.88. The lowest BCUT2D eigenvalue weighted by Gasteiger charge is -2.05. The number of carbonyl (C=O) groups excluding carboxylic acids is 1. The Bertz CT molecular complexity index is 321. The zero-order valence-corrected chi connectivity index (χ0v) is 8.39. The molecule has 2 nitrogen and oxygen atoms in total. The Morgan fingerprint density at radius 2 is 2.23 bits per heavy atom. The Balaban J connectivity index is 3.18. The highest BCUT2D eigenvalue weighted by molar-refractivity contribution is 6.68. The van der Waals surface area contributed by atoms with Crippen molar-refractivity contribution in [3.05, 3.63) is 29.3 Å². The van der Waals surface area contributed by atoms with E-state index < -0.39 is 5.24 Å². The molecule has 0 radical (unpaired) electrons. The first-order valence-corrected chi connectivity index (χ1v) is 4.43. The van der Waals surface area contributed by atoms with Crippen molar-refractivity contribution in [3.63, 3.8) is 0 Å². The van der Waals surface area contributed by atoms with E-state index in [2.05, 4.69) is 0 Å². The maximum Gasteiger partial charge on any atom is 0.256 e. The summed E-state index contributed by atoms with van der Waals surface area (Å²) in [6, 6.07) is 5.44. The van der Waals surface area contributed by atoms with Crippen LogP contribution in [0.3, 0.4) is 0 Å². The van der Waals surface area contributed by atoms with E-state index in [1.54, 1.807) is 12.1 Å². The van der Waals surface area contributed by atoms with Crippen LogP contribution >= 0.6 is 11.6 Å². The molecule has 3 heteroatoms. The van der Waals surface area contributed by atoms with Crippen LogP contribution in [0.25, 0.3) is 0 Å². The van der Waals surface area contributed by atoms with Crippen LogP contribution in [0.15, 0.2) is 18.2 Å². The van der Waals surface area contributed by atoms with Crippen LogP contribution in [0.5, 0.6) is 5.75 Å². The summed E-state index contributed by atoms with van der Waals surface area (Å²) in [6.07, 6.45) is 0.876. The van der Waals surface area contributed by atoms with Crippen LogP contribution in [-0.2, 0) is 6.42 Å². The first kappa shape index (κ1) is 10.1. The summed E-state index contributed by atoms with van der Waals surface area (Å²) in [5.74, 6) is 0.525. The van der Waals surface area contributed by atoms with Crippen molar-refractivity contribution in [1.82, 2.24) is 0 Å². The van der Waals surface area contributed by atoms with Crippen molar-refractivity contribution in [2.24, 2.45) is 0 Å². The molecule has 0 bridgehead atoms. The topological polar surface area (TPSA) is 26.3 Å². The number of ether oxygens (including phenoxy) is 1. The van der Waals surface area contributed by atoms with Gasteiger partial charge in [-0.15, -0.1) is 0 Å². The van der Waals surface area contributed by atoms with Gasteiger partial charge in [-0.25, -0.2) is 0 Å². The van der Waals surface area contributed by atoms with Crippen molar-refractivity contribution >= 4 is 16.8 Å². The molecule has 0 spiro atoms. The van der Waals surface area contributed by atoms with E-state index in [-0.39, 0.29) is 0 Å². The molecule has 0 amide bonds. The van der Waals surface area contributed by atoms with Crippen LogP contribution in [0.1, 0.15) is 22.8 Å². The minimum Gasteiger partial charge on any atom is -0.496 e. The van der Waals surface area contributed by atoms with E-state index in [4.69, 9.17) is 16.3 Å². The second-order valence-corrected chi connectivity index (χ2v) is 3.01. The molecule has 0 fully saturated rings. The summed E-state index contributed by atoms with van der Waals surface area (Å²) in [4.78, 5) is 11.0. The summed E-state index contributed by atoms with van der Waals surface area (Å²) in [5, 5.41) is -0.479. The number of methoxy groups -OCH3 is 1. The molecule has 70 valence electrons. The van der Waals surface area contributed by atoms with Crippen LogP contribution in [-0.4, -0.2) is 12.4 Å². The standard InChI is InChI=1S/C10H11ClO2/c1-3-7-4-5-9(13-2)8(6-7)10(11)12/h4-6H,3H2,1-2H3. The molecule has 0 aliphatic heterocycles. The quantitative estimate of drug-likeness (QED) is 0.698. The van der Waals surface area contributed by atoms with Crippen molar-refractivity contribution in [3.8, 4) is 5.75 Å². The molecule has 0 saturated carbocycles. The Morgan fingerprint density at radius 1 is 1.54 bits per heavy atom. The normalized spacial score (nSPS) is 9.77. The van der Waals surface area contributed by atoms with E-state index >= 15 is 0 Å². The first-order valence-electron chi connectivity index (χ1n) is 4.05. The summed E-state index contributed by atoms with van der Waals surface area (Å²) in [5.41, 5.74) is 1.51. The highest BCUT2D eigenvalue weighted by atomic mass is 35.5. The molecule has 0 saturated heterocycles. The largest absolute Gasteiger partial charge is 0.496 e. The fourth-order valence-corrected chi connectivity index (χ4v) is 1.28. The Kier molecular flexibility index (Phi) is 3.32. The fourth-order valence-electron chi connectivity index (χ4n) is 1.13. The fraction of sp³-hybridized carbons (Fsp3) is 0.300. The molecule has 0 N–H and O–H groups in total. The molecule has 0 heterocycles. The van der Waals surface area contributed by atoms with E-state index in [1.807, 2.05) is 13.0 Å². The molecule has 1 rings (SSSR count). The third-order valence-corrected chi connectivity index (χ3v) is 2.09. The lowest BCUT2D eigenvalue weighted by molar-refractivity contribution is 0.107. The average Bonchev–Trinajstić information content (AvgIpc) is 2.16. The Hall–Kier alpha value is -1.02. The number of carbonyl (C=O) groups is 1. The molecular weight excluding hydrogens is 188 g/mol. The van der Waals surface area contributed by atoms with Gasteiger partial charge in [0.15, 0.2) is 0 Å². The van der Waals surface area contributed by atoms with E-state index in [0.717, 1.165) is 12.0 Å². The minimum absolute atomic E-state index is 0.434. The van der Waals surface area contributed by atoms with Crippen molar-refractivity contribution < 1.29 is 9.53 Å². The number of rotatable bonds is 3. The smallest absolute Gasteiger partial charge is 0.256 e. The van der Waals surface area contributed by atoms with E-state index in [0.29, 0.717) is 11.3 Å². The second-order valence-electron chi connectivity index (χ2n) is 2.66. The van der Waals surface area contributed by atoms with Gasteiger partial charge in [-0.1, -0.05) is 13.0 Å². The van der Waals surface area contributed by atoms with Gasteiger partial charge >= 0.3 is 0 Å². The van der Waals surface area contributed by atoms with Gasteiger partial charge in [0.2, 0.25) is 0 Å². The molecule has 0 unspecified atom stereocenters. The average molecular weight is 199 g/mol. The van der Waals surface area contributed by atoms with Gasteiger partial charge < -0.3 is 4.74 Å². The van der Waals surface area contributed by atoms with Crippen LogP contribution in [0.2, 0.25) is 0 Å². The number of aryl methyl sites for hydroxylation is 1. The van der Waals surface area contributed by atoms with Gasteiger partial charge in [-0.05, 0) is 35.7 Å². The SMILES string of the molecule is CCc1ccc(OC)c(C(=O)Cl)c1. The van der Waals surface area contributed by atoms with Gasteiger partial charge in [0.05, 0.1) is 12.7 Å². The highest BCUT2D eigenvalue weighted by Crippen LogP contribution is 2.21. The molecule has 13 heavy (non-hydrogen) atoms. The molecule has 1 aromatic rings. The molecule has 0 aliphatic rings. The first-order chi connectivity index (χ1) is 6.19. The molecule has 0 aromatic heterocycles. The zero-order chi connectivity index (χ0) is 9.84. The van der Waals surface area contributed by atoms with E-state index in [1.165, 1.54) is 7.11 Å². The number of halogens is 1.